The highest BCUT2D eigenvalue weighted by Gasteiger charge is 2.32. The zero-order valence-corrected chi connectivity index (χ0v) is 11.7. The number of nitrogens with zero attached hydrogens (tertiary/aromatic N) is 2. The highest BCUT2D eigenvalue weighted by atomic mass is 35.5. The minimum Gasteiger partial charge on any atom is -0.361 e. The van der Waals surface area contributed by atoms with Crippen molar-refractivity contribution in [3.05, 3.63) is 57.1 Å². The molecule has 0 unspecified atom stereocenters. The highest BCUT2D eigenvalue weighted by Crippen LogP contribution is 2.41. The Kier molecular flexibility index (Phi) is 3.79. The van der Waals surface area contributed by atoms with E-state index in [-0.39, 0.29) is 10.6 Å². The Bertz CT molecular complexity index is 663. The average Bonchev–Trinajstić information content (AvgIpc) is 2.38. The second-order valence-corrected chi connectivity index (χ2v) is 4.90. The van der Waals surface area contributed by atoms with Gasteiger partial charge in [0.15, 0.2) is 0 Å². The molecule has 0 atom stereocenters. The van der Waals surface area contributed by atoms with Crippen molar-refractivity contribution in [1.29, 1.82) is 10.5 Å². The molecule has 5 heteroatoms. The van der Waals surface area contributed by atoms with E-state index in [2.05, 4.69) is 5.32 Å². The van der Waals surface area contributed by atoms with Crippen molar-refractivity contribution >= 4 is 11.6 Å². The lowest BCUT2D eigenvalue weighted by Crippen LogP contribution is -2.24. The normalized spacial score (nSPS) is 15.7. The third-order valence-electron chi connectivity index (χ3n) is 3.29. The van der Waals surface area contributed by atoms with Gasteiger partial charge in [0.05, 0.1) is 29.2 Å². The first-order valence-corrected chi connectivity index (χ1v) is 6.31. The molecule has 2 rings (SSSR count). The molecule has 1 aliphatic heterocycles. The van der Waals surface area contributed by atoms with Gasteiger partial charge in [0.2, 0.25) is 0 Å². The van der Waals surface area contributed by atoms with Gasteiger partial charge < -0.3 is 5.32 Å². The zero-order chi connectivity index (χ0) is 14.9. The fraction of sp³-hybridized carbons (Fsp3) is 0.200. The van der Waals surface area contributed by atoms with Gasteiger partial charge >= 0.3 is 0 Å². The molecule has 0 saturated heterocycles. The number of nitriles is 2. The lowest BCUT2D eigenvalue weighted by atomic mass is 9.81. The summed E-state index contributed by atoms with van der Waals surface area (Å²) in [5.74, 6) is -1.29. The third-order valence-corrected chi connectivity index (χ3v) is 3.62. The molecule has 1 heterocycles. The van der Waals surface area contributed by atoms with E-state index in [1.807, 2.05) is 12.1 Å². The minimum absolute atomic E-state index is 0.169. The van der Waals surface area contributed by atoms with Crippen LogP contribution >= 0.6 is 11.6 Å². The maximum absolute atomic E-state index is 14.1. The molecule has 0 fully saturated rings. The third kappa shape index (κ3) is 2.15. The van der Waals surface area contributed by atoms with Gasteiger partial charge in [-0.3, -0.25) is 0 Å². The molecule has 1 aromatic rings. The number of halogens is 2. The fourth-order valence-corrected chi connectivity index (χ4v) is 2.64. The summed E-state index contributed by atoms with van der Waals surface area (Å²) in [6.45, 7) is 3.44. The molecule has 20 heavy (non-hydrogen) atoms. The molecule has 0 radical (unpaired) electrons. The van der Waals surface area contributed by atoms with Crippen LogP contribution in [-0.4, -0.2) is 0 Å². The van der Waals surface area contributed by atoms with E-state index in [1.54, 1.807) is 19.9 Å². The van der Waals surface area contributed by atoms with Crippen LogP contribution in [-0.2, 0) is 0 Å². The second-order valence-electron chi connectivity index (χ2n) is 4.49. The average molecular weight is 288 g/mol. The number of allylic oxidation sites excluding steroid dienone is 4. The van der Waals surface area contributed by atoms with Gasteiger partial charge in [0.25, 0.3) is 0 Å². The Morgan fingerprint density at radius 3 is 2.15 bits per heavy atom. The molecule has 1 N–H and O–H groups in total. The summed E-state index contributed by atoms with van der Waals surface area (Å²) in [4.78, 5) is 0. The summed E-state index contributed by atoms with van der Waals surface area (Å²) in [5.41, 5.74) is 1.99. The lowest BCUT2D eigenvalue weighted by molar-refractivity contribution is 0.603. The Balaban J connectivity index is 2.77. The Morgan fingerprint density at radius 1 is 1.15 bits per heavy atom. The highest BCUT2D eigenvalue weighted by molar-refractivity contribution is 6.31. The second kappa shape index (κ2) is 5.36. The fourth-order valence-electron chi connectivity index (χ4n) is 2.37. The molecular weight excluding hydrogens is 277 g/mol. The van der Waals surface area contributed by atoms with Crippen LogP contribution in [0.5, 0.6) is 0 Å². The molecule has 0 amide bonds. The first-order valence-electron chi connectivity index (χ1n) is 5.94. The molecule has 100 valence electrons. The van der Waals surface area contributed by atoms with E-state index in [0.29, 0.717) is 22.5 Å². The Morgan fingerprint density at radius 2 is 1.70 bits per heavy atom. The van der Waals surface area contributed by atoms with Crippen LogP contribution in [0.3, 0.4) is 0 Å². The molecule has 0 spiro atoms. The van der Waals surface area contributed by atoms with E-state index in [0.717, 1.165) is 0 Å². The topological polar surface area (TPSA) is 59.6 Å². The van der Waals surface area contributed by atoms with Crippen molar-refractivity contribution in [3.63, 3.8) is 0 Å². The van der Waals surface area contributed by atoms with Crippen molar-refractivity contribution in [2.45, 2.75) is 19.8 Å². The molecular formula is C15H11ClFN3. The molecule has 1 aliphatic rings. The lowest BCUT2D eigenvalue weighted by Gasteiger charge is -2.26. The van der Waals surface area contributed by atoms with E-state index >= 15 is 0 Å². The molecule has 3 nitrogen and oxygen atoms in total. The van der Waals surface area contributed by atoms with Gasteiger partial charge in [-0.15, -0.1) is 0 Å². The van der Waals surface area contributed by atoms with E-state index in [4.69, 9.17) is 11.6 Å². The first-order chi connectivity index (χ1) is 9.51. The standard InChI is InChI=1S/C15H11ClFN3/c1-8-10(6-18)14(11(7-19)9(2)20-8)15-12(16)4-3-5-13(15)17/h3-5,14,20H,1-2H3. The van der Waals surface area contributed by atoms with Gasteiger partial charge in [-0.05, 0) is 26.0 Å². The van der Waals surface area contributed by atoms with Gasteiger partial charge in [0, 0.05) is 22.0 Å². The van der Waals surface area contributed by atoms with Crippen LogP contribution < -0.4 is 5.32 Å². The van der Waals surface area contributed by atoms with Crippen molar-refractivity contribution in [2.24, 2.45) is 0 Å². The number of hydrogen-bond acceptors (Lipinski definition) is 3. The van der Waals surface area contributed by atoms with Crippen LogP contribution in [0.2, 0.25) is 5.02 Å². The maximum atomic E-state index is 14.1. The van der Waals surface area contributed by atoms with Crippen molar-refractivity contribution in [3.8, 4) is 12.1 Å². The van der Waals surface area contributed by atoms with Crippen molar-refractivity contribution in [1.82, 2.24) is 5.32 Å². The molecule has 0 bridgehead atoms. The first kappa shape index (κ1) is 14.1. The van der Waals surface area contributed by atoms with Crippen LogP contribution in [0.25, 0.3) is 0 Å². The van der Waals surface area contributed by atoms with Crippen LogP contribution in [0.4, 0.5) is 4.39 Å². The predicted molar refractivity (Wildman–Crippen MR) is 73.9 cm³/mol. The van der Waals surface area contributed by atoms with E-state index < -0.39 is 11.7 Å². The zero-order valence-electron chi connectivity index (χ0n) is 11.0. The monoisotopic (exact) mass is 287 g/mol. The van der Waals surface area contributed by atoms with E-state index in [1.165, 1.54) is 12.1 Å². The number of benzene rings is 1. The number of nitrogens with one attached hydrogen (secondary N) is 1. The summed E-state index contributed by atoms with van der Waals surface area (Å²) in [6.07, 6.45) is 0. The van der Waals surface area contributed by atoms with Gasteiger partial charge in [-0.2, -0.15) is 10.5 Å². The summed E-state index contributed by atoms with van der Waals surface area (Å²) >= 11 is 6.08. The van der Waals surface area contributed by atoms with E-state index in [9.17, 15) is 14.9 Å². The summed E-state index contributed by atoms with van der Waals surface area (Å²) in [6, 6.07) is 8.42. The summed E-state index contributed by atoms with van der Waals surface area (Å²) < 4.78 is 14.1. The van der Waals surface area contributed by atoms with Crippen molar-refractivity contribution < 1.29 is 4.39 Å². The smallest absolute Gasteiger partial charge is 0.128 e. The largest absolute Gasteiger partial charge is 0.361 e. The SMILES string of the molecule is CC1=C(C#N)C(c2c(F)cccc2Cl)C(C#N)=C(C)N1. The van der Waals surface area contributed by atoms with Crippen molar-refractivity contribution in [2.75, 3.05) is 0 Å². The number of hydrogen-bond donors (Lipinski definition) is 1. The number of dihydropyridines is 1. The number of rotatable bonds is 1. The molecule has 0 aromatic heterocycles. The van der Waals surface area contributed by atoms with Crippen LogP contribution in [0.1, 0.15) is 25.3 Å². The van der Waals surface area contributed by atoms with Gasteiger partial charge in [-0.1, -0.05) is 17.7 Å². The van der Waals surface area contributed by atoms with Gasteiger partial charge in [0.1, 0.15) is 5.82 Å². The molecule has 0 aliphatic carbocycles. The van der Waals surface area contributed by atoms with Gasteiger partial charge in [-0.25, -0.2) is 4.39 Å². The molecule has 0 saturated carbocycles. The van der Waals surface area contributed by atoms with Crippen LogP contribution in [0.15, 0.2) is 40.7 Å². The Hall–Kier alpha value is -2.30. The summed E-state index contributed by atoms with van der Waals surface area (Å²) in [5, 5.41) is 21.8. The quantitative estimate of drug-likeness (QED) is 0.855. The minimum atomic E-state index is -0.764. The predicted octanol–water partition coefficient (Wildman–Crippen LogP) is 3.76. The summed E-state index contributed by atoms with van der Waals surface area (Å²) in [7, 11) is 0. The maximum Gasteiger partial charge on any atom is 0.128 e. The molecule has 1 aromatic carbocycles. The van der Waals surface area contributed by atoms with Crippen LogP contribution in [0, 0.1) is 28.5 Å². The Labute approximate surface area is 121 Å².